The number of hydrogen-bond acceptors (Lipinski definition) is 5. The lowest BCUT2D eigenvalue weighted by molar-refractivity contribution is -0.147. The monoisotopic (exact) mass is 243 g/mol. The molecule has 0 saturated carbocycles. The summed E-state index contributed by atoms with van der Waals surface area (Å²) in [5, 5.41) is 0. The van der Waals surface area contributed by atoms with Crippen LogP contribution in [0.3, 0.4) is 0 Å². The zero-order chi connectivity index (χ0) is 12.8. The first kappa shape index (κ1) is 14.4. The van der Waals surface area contributed by atoms with E-state index in [9.17, 15) is 4.79 Å². The molecule has 0 bridgehead atoms. The third-order valence-electron chi connectivity index (χ3n) is 3.41. The maximum absolute atomic E-state index is 11.5. The van der Waals surface area contributed by atoms with Crippen LogP contribution in [0.4, 0.5) is 0 Å². The van der Waals surface area contributed by atoms with Crippen molar-refractivity contribution < 1.29 is 9.53 Å². The number of ether oxygens (including phenoxy) is 1. The van der Waals surface area contributed by atoms with Crippen molar-refractivity contribution in [3.8, 4) is 0 Å². The summed E-state index contributed by atoms with van der Waals surface area (Å²) in [6, 6.07) is -0.264. The predicted octanol–water partition coefficient (Wildman–Crippen LogP) is -0.240. The highest BCUT2D eigenvalue weighted by Gasteiger charge is 2.29. The number of likely N-dealkylation sites (tertiary alicyclic amines) is 1. The summed E-state index contributed by atoms with van der Waals surface area (Å²) in [6.45, 7) is 3.34. The van der Waals surface area contributed by atoms with Crippen molar-refractivity contribution in [1.29, 1.82) is 0 Å². The minimum Gasteiger partial charge on any atom is -0.468 e. The average molecular weight is 243 g/mol. The molecular formula is C12H25N3O2. The number of nitrogens with zero attached hydrogens (tertiary/aromatic N) is 2. The molecule has 1 atom stereocenters. The summed E-state index contributed by atoms with van der Waals surface area (Å²) in [6.07, 6.45) is 2.26. The molecule has 1 heterocycles. The van der Waals surface area contributed by atoms with Gasteiger partial charge in [-0.25, -0.2) is 0 Å². The number of esters is 1. The zero-order valence-electron chi connectivity index (χ0n) is 11.2. The Bertz CT molecular complexity index is 238. The van der Waals surface area contributed by atoms with E-state index < -0.39 is 0 Å². The summed E-state index contributed by atoms with van der Waals surface area (Å²) in [5.41, 5.74) is 5.64. The van der Waals surface area contributed by atoms with E-state index in [0.29, 0.717) is 6.54 Å². The Labute approximate surface area is 104 Å². The minimum absolute atomic E-state index is 0.210. The zero-order valence-corrected chi connectivity index (χ0v) is 11.2. The van der Waals surface area contributed by atoms with E-state index in [2.05, 4.69) is 23.9 Å². The van der Waals surface area contributed by atoms with Gasteiger partial charge in [0, 0.05) is 13.1 Å². The fourth-order valence-electron chi connectivity index (χ4n) is 2.49. The lowest BCUT2D eigenvalue weighted by atomic mass is 9.95. The van der Waals surface area contributed by atoms with Gasteiger partial charge in [0.15, 0.2) is 0 Å². The van der Waals surface area contributed by atoms with Crippen LogP contribution >= 0.6 is 0 Å². The van der Waals surface area contributed by atoms with Gasteiger partial charge in [-0.1, -0.05) is 0 Å². The van der Waals surface area contributed by atoms with Gasteiger partial charge in [0.2, 0.25) is 0 Å². The SMILES string of the molecule is COC(=O)C(CN)N1CCC(CN(C)C)CC1. The number of methoxy groups -OCH3 is 1. The van der Waals surface area contributed by atoms with Crippen molar-refractivity contribution in [3.63, 3.8) is 0 Å². The van der Waals surface area contributed by atoms with Gasteiger partial charge in [0.05, 0.1) is 7.11 Å². The van der Waals surface area contributed by atoms with Crippen molar-refractivity contribution in [2.24, 2.45) is 11.7 Å². The Balaban J connectivity index is 2.42. The van der Waals surface area contributed by atoms with E-state index in [1.54, 1.807) is 0 Å². The lowest BCUT2D eigenvalue weighted by Gasteiger charge is -2.36. The first-order chi connectivity index (χ1) is 8.08. The normalized spacial score (nSPS) is 20.5. The van der Waals surface area contributed by atoms with E-state index >= 15 is 0 Å². The van der Waals surface area contributed by atoms with Crippen LogP contribution in [0.2, 0.25) is 0 Å². The summed E-state index contributed by atoms with van der Waals surface area (Å²) >= 11 is 0. The molecule has 1 aliphatic heterocycles. The fraction of sp³-hybridized carbons (Fsp3) is 0.917. The van der Waals surface area contributed by atoms with Crippen molar-refractivity contribution in [3.05, 3.63) is 0 Å². The topological polar surface area (TPSA) is 58.8 Å². The van der Waals surface area contributed by atoms with Crippen LogP contribution in [0.5, 0.6) is 0 Å². The molecule has 0 aromatic heterocycles. The molecule has 0 aliphatic carbocycles. The largest absolute Gasteiger partial charge is 0.468 e. The van der Waals surface area contributed by atoms with Gasteiger partial charge >= 0.3 is 5.97 Å². The quantitative estimate of drug-likeness (QED) is 0.675. The summed E-state index contributed by atoms with van der Waals surface area (Å²) in [4.78, 5) is 15.9. The molecule has 1 fully saturated rings. The molecule has 5 heteroatoms. The van der Waals surface area contributed by atoms with E-state index in [0.717, 1.165) is 38.4 Å². The van der Waals surface area contributed by atoms with Gasteiger partial charge in [0.1, 0.15) is 6.04 Å². The maximum Gasteiger partial charge on any atom is 0.324 e. The number of hydrogen-bond donors (Lipinski definition) is 1. The summed E-state index contributed by atoms with van der Waals surface area (Å²) < 4.78 is 4.78. The molecule has 0 aromatic carbocycles. The van der Waals surface area contributed by atoms with Gasteiger partial charge in [-0.3, -0.25) is 9.69 Å². The molecule has 0 spiro atoms. The Morgan fingerprint density at radius 2 is 2.06 bits per heavy atom. The Kier molecular flexibility index (Phi) is 5.88. The molecule has 1 saturated heterocycles. The Hall–Kier alpha value is -0.650. The first-order valence-electron chi connectivity index (χ1n) is 6.25. The van der Waals surface area contributed by atoms with Gasteiger partial charge in [0.25, 0.3) is 0 Å². The number of piperidine rings is 1. The summed E-state index contributed by atoms with van der Waals surface area (Å²) in [5.74, 6) is 0.524. The molecule has 2 N–H and O–H groups in total. The molecule has 0 aromatic rings. The highest BCUT2D eigenvalue weighted by atomic mass is 16.5. The highest BCUT2D eigenvalue weighted by Crippen LogP contribution is 2.19. The second-order valence-electron chi connectivity index (χ2n) is 5.02. The lowest BCUT2D eigenvalue weighted by Crippen LogP contribution is -2.50. The van der Waals surface area contributed by atoms with Crippen molar-refractivity contribution in [1.82, 2.24) is 9.80 Å². The third kappa shape index (κ3) is 4.26. The van der Waals surface area contributed by atoms with Crippen LogP contribution in [-0.4, -0.2) is 69.2 Å². The third-order valence-corrected chi connectivity index (χ3v) is 3.41. The molecular weight excluding hydrogens is 218 g/mol. The second kappa shape index (κ2) is 6.93. The van der Waals surface area contributed by atoms with Crippen LogP contribution in [0.25, 0.3) is 0 Å². The van der Waals surface area contributed by atoms with Crippen LogP contribution < -0.4 is 5.73 Å². The van der Waals surface area contributed by atoms with Gasteiger partial charge < -0.3 is 15.4 Å². The number of nitrogens with two attached hydrogens (primary N) is 1. The van der Waals surface area contributed by atoms with E-state index in [1.807, 2.05) is 0 Å². The van der Waals surface area contributed by atoms with Crippen LogP contribution in [-0.2, 0) is 9.53 Å². The van der Waals surface area contributed by atoms with E-state index in [4.69, 9.17) is 10.5 Å². The molecule has 17 heavy (non-hydrogen) atoms. The van der Waals surface area contributed by atoms with Crippen LogP contribution in [0, 0.1) is 5.92 Å². The van der Waals surface area contributed by atoms with Gasteiger partial charge in [-0.15, -0.1) is 0 Å². The number of carbonyl (C=O) groups is 1. The highest BCUT2D eigenvalue weighted by molar-refractivity contribution is 5.75. The molecule has 0 amide bonds. The van der Waals surface area contributed by atoms with Crippen LogP contribution in [0.1, 0.15) is 12.8 Å². The molecule has 0 radical (unpaired) electrons. The number of rotatable bonds is 5. The molecule has 1 rings (SSSR count). The minimum atomic E-state index is -0.264. The van der Waals surface area contributed by atoms with Crippen molar-refractivity contribution in [2.75, 3.05) is 47.4 Å². The van der Waals surface area contributed by atoms with E-state index in [1.165, 1.54) is 7.11 Å². The summed E-state index contributed by atoms with van der Waals surface area (Å²) in [7, 11) is 5.62. The van der Waals surface area contributed by atoms with E-state index in [-0.39, 0.29) is 12.0 Å². The Morgan fingerprint density at radius 3 is 2.47 bits per heavy atom. The van der Waals surface area contributed by atoms with Crippen LogP contribution in [0.15, 0.2) is 0 Å². The smallest absolute Gasteiger partial charge is 0.324 e. The standard InChI is InChI=1S/C12H25N3O2/c1-14(2)9-10-4-6-15(7-5-10)11(8-13)12(16)17-3/h10-11H,4-9,13H2,1-3H3. The van der Waals surface area contributed by atoms with Crippen molar-refractivity contribution >= 4 is 5.97 Å². The molecule has 100 valence electrons. The fourth-order valence-corrected chi connectivity index (χ4v) is 2.49. The van der Waals surface area contributed by atoms with Gasteiger partial charge in [-0.05, 0) is 45.9 Å². The predicted molar refractivity (Wildman–Crippen MR) is 67.7 cm³/mol. The van der Waals surface area contributed by atoms with Crippen molar-refractivity contribution in [2.45, 2.75) is 18.9 Å². The number of carbonyl (C=O) groups excluding carboxylic acids is 1. The van der Waals surface area contributed by atoms with Gasteiger partial charge in [-0.2, -0.15) is 0 Å². The molecule has 1 aliphatic rings. The second-order valence-corrected chi connectivity index (χ2v) is 5.02. The maximum atomic E-state index is 11.5. The first-order valence-corrected chi connectivity index (χ1v) is 6.25. The Morgan fingerprint density at radius 1 is 1.47 bits per heavy atom. The average Bonchev–Trinajstić information content (AvgIpc) is 2.31. The molecule has 5 nitrogen and oxygen atoms in total. The molecule has 1 unspecified atom stereocenters.